The Morgan fingerprint density at radius 1 is 1.21 bits per heavy atom. The molecule has 19 heavy (non-hydrogen) atoms. The minimum atomic E-state index is 0.339. The lowest BCUT2D eigenvalue weighted by atomic mass is 10.1. The number of nitrogens with zero attached hydrogens (tertiary/aromatic N) is 1. The van der Waals surface area contributed by atoms with Crippen LogP contribution in [-0.2, 0) is 6.42 Å². The highest BCUT2D eigenvalue weighted by atomic mass is 16.3. The SMILES string of the molecule is CC(C)NCCCc1ccc2nc(C(C)C)oc2c1. The molecule has 0 bridgehead atoms. The summed E-state index contributed by atoms with van der Waals surface area (Å²) in [6.45, 7) is 9.61. The van der Waals surface area contributed by atoms with Gasteiger partial charge in [-0.2, -0.15) is 0 Å². The van der Waals surface area contributed by atoms with Crippen molar-refractivity contribution in [2.75, 3.05) is 6.54 Å². The zero-order chi connectivity index (χ0) is 13.8. The van der Waals surface area contributed by atoms with Crippen LogP contribution >= 0.6 is 0 Å². The number of hydrogen-bond donors (Lipinski definition) is 1. The molecule has 0 aliphatic heterocycles. The number of fused-ring (bicyclic) bond motifs is 1. The summed E-state index contributed by atoms with van der Waals surface area (Å²) < 4.78 is 5.79. The molecular weight excluding hydrogens is 236 g/mol. The third kappa shape index (κ3) is 3.80. The van der Waals surface area contributed by atoms with E-state index < -0.39 is 0 Å². The predicted molar refractivity (Wildman–Crippen MR) is 79.6 cm³/mol. The average Bonchev–Trinajstić information content (AvgIpc) is 2.77. The summed E-state index contributed by atoms with van der Waals surface area (Å²) in [5.41, 5.74) is 3.20. The van der Waals surface area contributed by atoms with Crippen LogP contribution in [0, 0.1) is 0 Å². The summed E-state index contributed by atoms with van der Waals surface area (Å²) >= 11 is 0. The molecule has 0 radical (unpaired) electrons. The van der Waals surface area contributed by atoms with Gasteiger partial charge in [0.25, 0.3) is 0 Å². The highest BCUT2D eigenvalue weighted by molar-refractivity contribution is 5.73. The quantitative estimate of drug-likeness (QED) is 0.801. The van der Waals surface area contributed by atoms with Gasteiger partial charge in [-0.1, -0.05) is 33.8 Å². The second-order valence-electron chi connectivity index (χ2n) is 5.72. The van der Waals surface area contributed by atoms with Crippen LogP contribution in [0.25, 0.3) is 11.1 Å². The second-order valence-corrected chi connectivity index (χ2v) is 5.72. The van der Waals surface area contributed by atoms with Crippen molar-refractivity contribution in [3.63, 3.8) is 0 Å². The lowest BCUT2D eigenvalue weighted by Crippen LogP contribution is -2.23. The molecular formula is C16H24N2O. The summed E-state index contributed by atoms with van der Waals surface area (Å²) in [4.78, 5) is 4.49. The maximum absolute atomic E-state index is 5.79. The number of nitrogens with one attached hydrogen (secondary N) is 1. The molecule has 0 aliphatic rings. The fourth-order valence-electron chi connectivity index (χ4n) is 2.07. The number of aromatic nitrogens is 1. The molecule has 104 valence electrons. The highest BCUT2D eigenvalue weighted by Crippen LogP contribution is 2.22. The molecule has 0 saturated heterocycles. The molecule has 1 N–H and O–H groups in total. The van der Waals surface area contributed by atoms with Crippen LogP contribution in [0.3, 0.4) is 0 Å². The molecule has 1 heterocycles. The third-order valence-corrected chi connectivity index (χ3v) is 3.16. The Bertz CT molecular complexity index is 529. The van der Waals surface area contributed by atoms with Crippen LogP contribution in [0.1, 0.15) is 51.5 Å². The van der Waals surface area contributed by atoms with Crippen LogP contribution in [0.5, 0.6) is 0 Å². The number of hydrogen-bond acceptors (Lipinski definition) is 3. The van der Waals surface area contributed by atoms with E-state index in [0.29, 0.717) is 12.0 Å². The Kier molecular flexibility index (Phi) is 4.59. The van der Waals surface area contributed by atoms with Crippen molar-refractivity contribution >= 4 is 11.1 Å². The van der Waals surface area contributed by atoms with Crippen molar-refractivity contribution in [3.8, 4) is 0 Å². The van der Waals surface area contributed by atoms with Gasteiger partial charge in [0.05, 0.1) is 0 Å². The minimum Gasteiger partial charge on any atom is -0.440 e. The van der Waals surface area contributed by atoms with Crippen LogP contribution in [0.4, 0.5) is 0 Å². The van der Waals surface area contributed by atoms with Gasteiger partial charge in [-0.25, -0.2) is 4.98 Å². The molecule has 3 nitrogen and oxygen atoms in total. The van der Waals surface area contributed by atoms with E-state index >= 15 is 0 Å². The summed E-state index contributed by atoms with van der Waals surface area (Å²) in [5, 5.41) is 3.44. The number of benzene rings is 1. The van der Waals surface area contributed by atoms with Gasteiger partial charge in [0.15, 0.2) is 11.5 Å². The van der Waals surface area contributed by atoms with Gasteiger partial charge in [0, 0.05) is 12.0 Å². The first kappa shape index (κ1) is 14.1. The van der Waals surface area contributed by atoms with E-state index in [0.717, 1.165) is 36.4 Å². The monoisotopic (exact) mass is 260 g/mol. The van der Waals surface area contributed by atoms with E-state index in [1.165, 1.54) is 5.56 Å². The molecule has 2 aromatic rings. The van der Waals surface area contributed by atoms with Crippen molar-refractivity contribution < 1.29 is 4.42 Å². The van der Waals surface area contributed by atoms with Gasteiger partial charge >= 0.3 is 0 Å². The average molecular weight is 260 g/mol. The predicted octanol–water partition coefficient (Wildman–Crippen LogP) is 3.88. The fourth-order valence-corrected chi connectivity index (χ4v) is 2.07. The van der Waals surface area contributed by atoms with Gasteiger partial charge in [-0.3, -0.25) is 0 Å². The van der Waals surface area contributed by atoms with Crippen molar-refractivity contribution in [2.24, 2.45) is 0 Å². The summed E-state index contributed by atoms with van der Waals surface area (Å²) in [7, 11) is 0. The Hall–Kier alpha value is -1.35. The van der Waals surface area contributed by atoms with Crippen LogP contribution < -0.4 is 5.32 Å². The van der Waals surface area contributed by atoms with E-state index in [1.54, 1.807) is 0 Å². The molecule has 0 fully saturated rings. The van der Waals surface area contributed by atoms with E-state index in [-0.39, 0.29) is 0 Å². The summed E-state index contributed by atoms with van der Waals surface area (Å²) in [6, 6.07) is 6.91. The highest BCUT2D eigenvalue weighted by Gasteiger charge is 2.09. The third-order valence-electron chi connectivity index (χ3n) is 3.16. The second kappa shape index (κ2) is 6.20. The Morgan fingerprint density at radius 2 is 2.00 bits per heavy atom. The fraction of sp³-hybridized carbons (Fsp3) is 0.562. The van der Waals surface area contributed by atoms with Crippen LogP contribution in [-0.4, -0.2) is 17.6 Å². The molecule has 0 aliphatic carbocycles. The first-order chi connectivity index (χ1) is 9.06. The van der Waals surface area contributed by atoms with Gasteiger partial charge in [0.1, 0.15) is 5.52 Å². The van der Waals surface area contributed by atoms with Gasteiger partial charge in [-0.05, 0) is 37.1 Å². The van der Waals surface area contributed by atoms with E-state index in [2.05, 4.69) is 56.2 Å². The Morgan fingerprint density at radius 3 is 2.68 bits per heavy atom. The van der Waals surface area contributed by atoms with E-state index in [1.807, 2.05) is 0 Å². The molecule has 0 atom stereocenters. The molecule has 3 heteroatoms. The topological polar surface area (TPSA) is 38.1 Å². The number of rotatable bonds is 6. The molecule has 0 saturated carbocycles. The maximum Gasteiger partial charge on any atom is 0.198 e. The van der Waals surface area contributed by atoms with Crippen molar-refractivity contribution in [1.29, 1.82) is 0 Å². The molecule has 1 aromatic carbocycles. The number of oxazole rings is 1. The largest absolute Gasteiger partial charge is 0.440 e. The smallest absolute Gasteiger partial charge is 0.198 e. The normalized spacial score (nSPS) is 11.9. The number of aryl methyl sites for hydroxylation is 1. The minimum absolute atomic E-state index is 0.339. The standard InChI is InChI=1S/C16H24N2O/c1-11(2)16-18-14-8-7-13(10-15(14)19-16)6-5-9-17-12(3)4/h7-8,10-12,17H,5-6,9H2,1-4H3. The Balaban J connectivity index is 2.00. The van der Waals surface area contributed by atoms with Crippen molar-refractivity contribution in [3.05, 3.63) is 29.7 Å². The molecule has 0 spiro atoms. The Labute approximate surface area is 115 Å². The van der Waals surface area contributed by atoms with Crippen molar-refractivity contribution in [2.45, 2.75) is 52.5 Å². The summed E-state index contributed by atoms with van der Waals surface area (Å²) in [6.07, 6.45) is 2.22. The molecule has 0 amide bonds. The van der Waals surface area contributed by atoms with Crippen LogP contribution in [0.2, 0.25) is 0 Å². The van der Waals surface area contributed by atoms with Gasteiger partial charge < -0.3 is 9.73 Å². The molecule has 0 unspecified atom stereocenters. The van der Waals surface area contributed by atoms with Crippen LogP contribution in [0.15, 0.2) is 22.6 Å². The first-order valence-electron chi connectivity index (χ1n) is 7.19. The van der Waals surface area contributed by atoms with E-state index in [9.17, 15) is 0 Å². The molecule has 1 aromatic heterocycles. The lowest BCUT2D eigenvalue weighted by Gasteiger charge is -2.07. The maximum atomic E-state index is 5.79. The van der Waals surface area contributed by atoms with Gasteiger partial charge in [-0.15, -0.1) is 0 Å². The zero-order valence-corrected chi connectivity index (χ0v) is 12.4. The lowest BCUT2D eigenvalue weighted by molar-refractivity contribution is 0.501. The van der Waals surface area contributed by atoms with Gasteiger partial charge in [0.2, 0.25) is 0 Å². The molecule has 2 rings (SSSR count). The van der Waals surface area contributed by atoms with Crippen molar-refractivity contribution in [1.82, 2.24) is 10.3 Å². The summed E-state index contributed by atoms with van der Waals surface area (Å²) in [5.74, 6) is 1.17. The zero-order valence-electron chi connectivity index (χ0n) is 12.4. The first-order valence-corrected chi connectivity index (χ1v) is 7.19. The van der Waals surface area contributed by atoms with E-state index in [4.69, 9.17) is 4.42 Å².